The number of anilines is 1. The number of hydrogen-bond acceptors (Lipinski definition) is 5. The minimum atomic E-state index is -0.279. The number of pyridine rings is 1. The van der Waals surface area contributed by atoms with Crippen molar-refractivity contribution < 1.29 is 14.3 Å². The minimum absolute atomic E-state index is 0.0848. The maximum atomic E-state index is 13.5. The molecule has 31 heavy (non-hydrogen) atoms. The molecular weight excluding hydrogens is 388 g/mol. The summed E-state index contributed by atoms with van der Waals surface area (Å²) < 4.78 is 11.4. The second-order valence-corrected chi connectivity index (χ2v) is 9.08. The summed E-state index contributed by atoms with van der Waals surface area (Å²) in [7, 11) is 3.28. The van der Waals surface area contributed by atoms with Crippen molar-refractivity contribution in [3.63, 3.8) is 0 Å². The van der Waals surface area contributed by atoms with Crippen LogP contribution in [0, 0.1) is 5.41 Å². The first-order chi connectivity index (χ1) is 14.9. The number of nitrogens with one attached hydrogen (secondary N) is 1. The van der Waals surface area contributed by atoms with Crippen molar-refractivity contribution in [1.82, 2.24) is 4.98 Å². The number of rotatable bonds is 3. The molecule has 0 bridgehead atoms. The third kappa shape index (κ3) is 3.07. The van der Waals surface area contributed by atoms with Gasteiger partial charge in [-0.15, -0.1) is 0 Å². The van der Waals surface area contributed by atoms with E-state index in [9.17, 15) is 4.79 Å². The predicted octanol–water partition coefficient (Wildman–Crippen LogP) is 5.45. The standard InChI is InChI=1S/C26H26N2O3/c1-26(2)13-18-22(19(29)14-26)21(16-8-5-9-20(30-3)25(16)31-4)23-17(28-18)11-10-15-7-6-12-27-24(15)23/h5-12,21,28H,13-14H2,1-4H3. The Balaban J connectivity index is 1.85. The molecule has 0 saturated heterocycles. The molecule has 1 atom stereocenters. The van der Waals surface area contributed by atoms with Crippen molar-refractivity contribution in [2.24, 2.45) is 5.41 Å². The number of nitrogens with zero attached hydrogens (tertiary/aromatic N) is 1. The van der Waals surface area contributed by atoms with E-state index in [1.54, 1.807) is 20.4 Å². The van der Waals surface area contributed by atoms with E-state index in [1.165, 1.54) is 0 Å². The highest BCUT2D eigenvalue weighted by Crippen LogP contribution is 2.53. The van der Waals surface area contributed by atoms with Crippen LogP contribution in [0.2, 0.25) is 0 Å². The Morgan fingerprint density at radius 1 is 1.03 bits per heavy atom. The van der Waals surface area contributed by atoms with Crippen LogP contribution in [-0.2, 0) is 4.79 Å². The van der Waals surface area contributed by atoms with E-state index in [4.69, 9.17) is 14.5 Å². The number of ether oxygens (including phenoxy) is 2. The van der Waals surface area contributed by atoms with Crippen LogP contribution in [0.15, 0.2) is 59.9 Å². The SMILES string of the molecule is COc1cccc(C2C3=C(CC(C)(C)CC3=O)Nc3ccc4cccnc4c32)c1OC. The average Bonchev–Trinajstić information content (AvgIpc) is 2.76. The van der Waals surface area contributed by atoms with Gasteiger partial charge in [-0.05, 0) is 30.0 Å². The first kappa shape index (κ1) is 19.6. The van der Waals surface area contributed by atoms with E-state index in [0.29, 0.717) is 17.9 Å². The van der Waals surface area contributed by atoms with Gasteiger partial charge in [0.15, 0.2) is 17.3 Å². The number of para-hydroxylation sites is 1. The Kier molecular flexibility index (Phi) is 4.50. The molecule has 158 valence electrons. The fourth-order valence-electron chi connectivity index (χ4n) is 5.11. The van der Waals surface area contributed by atoms with Gasteiger partial charge in [-0.25, -0.2) is 0 Å². The first-order valence-corrected chi connectivity index (χ1v) is 10.6. The van der Waals surface area contributed by atoms with Gasteiger partial charge in [-0.2, -0.15) is 0 Å². The molecule has 5 heteroatoms. The molecule has 0 radical (unpaired) electrons. The van der Waals surface area contributed by atoms with Gasteiger partial charge >= 0.3 is 0 Å². The molecule has 1 aromatic heterocycles. The molecule has 0 spiro atoms. The van der Waals surface area contributed by atoms with E-state index >= 15 is 0 Å². The van der Waals surface area contributed by atoms with Gasteiger partial charge in [0.2, 0.25) is 0 Å². The second-order valence-electron chi connectivity index (χ2n) is 9.08. The molecule has 1 N–H and O–H groups in total. The lowest BCUT2D eigenvalue weighted by atomic mass is 9.68. The Labute approximate surface area is 182 Å². The van der Waals surface area contributed by atoms with Gasteiger partial charge in [0.1, 0.15) is 0 Å². The van der Waals surface area contributed by atoms with Crippen LogP contribution in [0.1, 0.15) is 43.7 Å². The van der Waals surface area contributed by atoms with Crippen molar-refractivity contribution in [3.8, 4) is 11.5 Å². The Morgan fingerprint density at radius 2 is 1.87 bits per heavy atom. The summed E-state index contributed by atoms with van der Waals surface area (Å²) in [5.41, 5.74) is 5.55. The molecule has 1 unspecified atom stereocenters. The number of fused-ring (bicyclic) bond motifs is 3. The minimum Gasteiger partial charge on any atom is -0.493 e. The van der Waals surface area contributed by atoms with Crippen LogP contribution in [-0.4, -0.2) is 25.0 Å². The van der Waals surface area contributed by atoms with Gasteiger partial charge in [-0.1, -0.05) is 38.1 Å². The number of Topliss-reactive ketones (excluding diaryl/α,β-unsaturated/α-hetero) is 1. The zero-order valence-electron chi connectivity index (χ0n) is 18.3. The van der Waals surface area contributed by atoms with E-state index in [0.717, 1.165) is 45.4 Å². The molecule has 1 aliphatic carbocycles. The molecule has 5 nitrogen and oxygen atoms in total. The van der Waals surface area contributed by atoms with Gasteiger partial charge in [0.25, 0.3) is 0 Å². The van der Waals surface area contributed by atoms with Crippen LogP contribution in [0.25, 0.3) is 10.9 Å². The summed E-state index contributed by atoms with van der Waals surface area (Å²) in [6.07, 6.45) is 3.14. The van der Waals surface area contributed by atoms with Crippen LogP contribution in [0.4, 0.5) is 5.69 Å². The highest BCUT2D eigenvalue weighted by Gasteiger charge is 2.42. The molecule has 2 aromatic carbocycles. The maximum Gasteiger partial charge on any atom is 0.164 e. The number of carbonyl (C=O) groups is 1. The Hall–Kier alpha value is -3.34. The number of allylic oxidation sites excluding steroid dienone is 2. The summed E-state index contributed by atoms with van der Waals surface area (Å²) >= 11 is 0. The quantitative estimate of drug-likeness (QED) is 0.617. The molecule has 3 aromatic rings. The highest BCUT2D eigenvalue weighted by atomic mass is 16.5. The lowest BCUT2D eigenvalue weighted by Gasteiger charge is -2.40. The average molecular weight is 415 g/mol. The fourth-order valence-corrected chi connectivity index (χ4v) is 5.11. The summed E-state index contributed by atoms with van der Waals surface area (Å²) in [6.45, 7) is 4.30. The van der Waals surface area contributed by atoms with Crippen LogP contribution in [0.3, 0.4) is 0 Å². The molecule has 0 saturated carbocycles. The second kappa shape index (κ2) is 7.12. The van der Waals surface area contributed by atoms with Crippen molar-refractivity contribution in [2.45, 2.75) is 32.6 Å². The molecule has 1 aliphatic heterocycles. The third-order valence-corrected chi connectivity index (χ3v) is 6.34. The smallest absolute Gasteiger partial charge is 0.164 e. The molecule has 0 fully saturated rings. The zero-order chi connectivity index (χ0) is 21.8. The monoisotopic (exact) mass is 414 g/mol. The fraction of sp³-hybridized carbons (Fsp3) is 0.308. The van der Waals surface area contributed by atoms with Crippen molar-refractivity contribution in [3.05, 3.63) is 71.1 Å². The van der Waals surface area contributed by atoms with Crippen molar-refractivity contribution in [2.75, 3.05) is 19.5 Å². The summed E-state index contributed by atoms with van der Waals surface area (Å²) in [4.78, 5) is 18.3. The Bertz CT molecular complexity index is 1240. The van der Waals surface area contributed by atoms with Crippen LogP contribution < -0.4 is 14.8 Å². The highest BCUT2D eigenvalue weighted by molar-refractivity contribution is 6.04. The number of benzene rings is 2. The molecule has 2 aliphatic rings. The number of aromatic nitrogens is 1. The van der Waals surface area contributed by atoms with Gasteiger partial charge in [-0.3, -0.25) is 9.78 Å². The number of ketones is 1. The van der Waals surface area contributed by atoms with Gasteiger partial charge in [0.05, 0.1) is 19.7 Å². The van der Waals surface area contributed by atoms with E-state index in [2.05, 4.69) is 37.4 Å². The number of hydrogen-bond donors (Lipinski definition) is 1. The topological polar surface area (TPSA) is 60.5 Å². The summed E-state index contributed by atoms with van der Waals surface area (Å²) in [5, 5.41) is 4.63. The lowest BCUT2D eigenvalue weighted by molar-refractivity contribution is -0.118. The Morgan fingerprint density at radius 3 is 2.65 bits per heavy atom. The third-order valence-electron chi connectivity index (χ3n) is 6.34. The molecule has 0 amide bonds. The van der Waals surface area contributed by atoms with Gasteiger partial charge < -0.3 is 14.8 Å². The van der Waals surface area contributed by atoms with Crippen LogP contribution in [0.5, 0.6) is 11.5 Å². The van der Waals surface area contributed by atoms with Crippen LogP contribution >= 0.6 is 0 Å². The summed E-state index contributed by atoms with van der Waals surface area (Å²) in [5.74, 6) is 1.20. The van der Waals surface area contributed by atoms with E-state index in [1.807, 2.05) is 24.3 Å². The molecule has 5 rings (SSSR count). The van der Waals surface area contributed by atoms with Gasteiger partial charge in [0, 0.05) is 52.0 Å². The lowest BCUT2D eigenvalue weighted by Crippen LogP contribution is -2.34. The zero-order valence-corrected chi connectivity index (χ0v) is 18.3. The van der Waals surface area contributed by atoms with Crippen molar-refractivity contribution in [1.29, 1.82) is 0 Å². The predicted molar refractivity (Wildman–Crippen MR) is 122 cm³/mol. The largest absolute Gasteiger partial charge is 0.493 e. The molecular formula is C26H26N2O3. The number of methoxy groups -OCH3 is 2. The first-order valence-electron chi connectivity index (χ1n) is 10.6. The molecule has 2 heterocycles. The van der Waals surface area contributed by atoms with Crippen molar-refractivity contribution >= 4 is 22.4 Å². The van der Waals surface area contributed by atoms with E-state index < -0.39 is 0 Å². The number of carbonyl (C=O) groups excluding carboxylic acids is 1. The normalized spacial score (nSPS) is 19.5. The summed E-state index contributed by atoms with van der Waals surface area (Å²) in [6, 6.07) is 14.0. The van der Waals surface area contributed by atoms with E-state index in [-0.39, 0.29) is 17.1 Å². The maximum absolute atomic E-state index is 13.5.